The lowest BCUT2D eigenvalue weighted by Crippen LogP contribution is -2.27. The summed E-state index contributed by atoms with van der Waals surface area (Å²) < 4.78 is 7.06. The Morgan fingerprint density at radius 1 is 1.38 bits per heavy atom. The first-order valence-corrected chi connectivity index (χ1v) is 7.91. The summed E-state index contributed by atoms with van der Waals surface area (Å²) in [5.74, 6) is -0.371. The highest BCUT2D eigenvalue weighted by molar-refractivity contribution is 5.98. The topological polar surface area (TPSA) is 85.3 Å². The Morgan fingerprint density at radius 3 is 2.96 bits per heavy atom. The van der Waals surface area contributed by atoms with Crippen LogP contribution in [0.3, 0.4) is 0 Å². The number of hydrogen-bond acceptors (Lipinski definition) is 4. The molecule has 1 aliphatic rings. The van der Waals surface area contributed by atoms with Gasteiger partial charge in [-0.05, 0) is 37.1 Å². The van der Waals surface area contributed by atoms with Crippen molar-refractivity contribution in [1.29, 1.82) is 0 Å². The minimum Gasteiger partial charge on any atom is -0.368 e. The third-order valence-electron chi connectivity index (χ3n) is 3.97. The molecule has 126 valence electrons. The van der Waals surface area contributed by atoms with Crippen molar-refractivity contribution in [2.75, 3.05) is 11.9 Å². The number of ether oxygens (including phenoxy) is 1. The number of nitrogens with one attached hydrogen (secondary N) is 2. The first kappa shape index (κ1) is 16.2. The maximum absolute atomic E-state index is 12.3. The van der Waals surface area contributed by atoms with E-state index < -0.39 is 6.10 Å². The van der Waals surface area contributed by atoms with Crippen LogP contribution < -0.4 is 10.6 Å². The van der Waals surface area contributed by atoms with Gasteiger partial charge in [-0.2, -0.15) is 5.10 Å². The average molecular weight is 328 g/mol. The number of amides is 2. The highest BCUT2D eigenvalue weighted by atomic mass is 16.5. The number of carbonyl (C=O) groups is 2. The fraction of sp³-hybridized carbons (Fsp3) is 0.353. The number of aromatic nitrogens is 2. The van der Waals surface area contributed by atoms with Crippen LogP contribution in [0.15, 0.2) is 36.5 Å². The fourth-order valence-corrected chi connectivity index (χ4v) is 2.59. The molecule has 0 spiro atoms. The van der Waals surface area contributed by atoms with Crippen molar-refractivity contribution in [2.45, 2.75) is 25.5 Å². The molecular weight excluding hydrogens is 308 g/mol. The molecule has 0 bridgehead atoms. The van der Waals surface area contributed by atoms with Crippen LogP contribution in [0.2, 0.25) is 0 Å². The first-order chi connectivity index (χ1) is 11.6. The van der Waals surface area contributed by atoms with Gasteiger partial charge < -0.3 is 15.4 Å². The number of hydrogen-bond donors (Lipinski definition) is 2. The zero-order valence-electron chi connectivity index (χ0n) is 13.5. The van der Waals surface area contributed by atoms with Crippen LogP contribution in [0, 0.1) is 0 Å². The summed E-state index contributed by atoms with van der Waals surface area (Å²) in [6, 6.07) is 8.71. The van der Waals surface area contributed by atoms with Gasteiger partial charge in [0.15, 0.2) is 0 Å². The smallest absolute Gasteiger partial charge is 0.253 e. The Hall–Kier alpha value is -2.67. The quantitative estimate of drug-likeness (QED) is 0.870. The molecular formula is C17H20N4O3. The number of anilines is 1. The molecule has 0 aliphatic carbocycles. The molecule has 1 aromatic carbocycles. The number of carbonyl (C=O) groups excluding carboxylic acids is 2. The van der Waals surface area contributed by atoms with E-state index in [0.717, 1.165) is 18.5 Å². The van der Waals surface area contributed by atoms with Crippen LogP contribution in [-0.2, 0) is 23.1 Å². The van der Waals surface area contributed by atoms with Gasteiger partial charge in [0.25, 0.3) is 11.8 Å². The van der Waals surface area contributed by atoms with E-state index in [-0.39, 0.29) is 11.8 Å². The highest BCUT2D eigenvalue weighted by Crippen LogP contribution is 2.16. The van der Waals surface area contributed by atoms with Crippen molar-refractivity contribution in [3.05, 3.63) is 47.8 Å². The summed E-state index contributed by atoms with van der Waals surface area (Å²) in [5, 5.41) is 9.70. The fourth-order valence-electron chi connectivity index (χ4n) is 2.59. The third-order valence-corrected chi connectivity index (χ3v) is 3.97. The lowest BCUT2D eigenvalue weighted by Gasteiger charge is -2.11. The minimum atomic E-state index is -0.396. The van der Waals surface area contributed by atoms with Gasteiger partial charge in [0.05, 0.1) is 12.2 Å². The van der Waals surface area contributed by atoms with Gasteiger partial charge in [0.1, 0.15) is 6.10 Å². The molecule has 1 saturated heterocycles. The minimum absolute atomic E-state index is 0.167. The molecule has 1 aliphatic heterocycles. The molecule has 2 N–H and O–H groups in total. The van der Waals surface area contributed by atoms with Crippen molar-refractivity contribution in [3.63, 3.8) is 0 Å². The van der Waals surface area contributed by atoms with Crippen molar-refractivity contribution in [3.8, 4) is 0 Å². The molecule has 0 saturated carbocycles. The van der Waals surface area contributed by atoms with E-state index >= 15 is 0 Å². The Balaban J connectivity index is 1.60. The zero-order chi connectivity index (χ0) is 16.9. The highest BCUT2D eigenvalue weighted by Gasteiger charge is 2.23. The molecule has 1 atom stereocenters. The van der Waals surface area contributed by atoms with Gasteiger partial charge in [-0.1, -0.05) is 6.07 Å². The van der Waals surface area contributed by atoms with Gasteiger partial charge in [0, 0.05) is 31.1 Å². The molecule has 1 aromatic heterocycles. The Bertz CT molecular complexity index is 735. The van der Waals surface area contributed by atoms with Crippen molar-refractivity contribution >= 4 is 17.5 Å². The Labute approximate surface area is 140 Å². The van der Waals surface area contributed by atoms with Crippen LogP contribution in [0.25, 0.3) is 0 Å². The van der Waals surface area contributed by atoms with Gasteiger partial charge in [-0.15, -0.1) is 0 Å². The molecule has 2 heterocycles. The van der Waals surface area contributed by atoms with Gasteiger partial charge in [-0.25, -0.2) is 0 Å². The maximum Gasteiger partial charge on any atom is 0.253 e. The molecule has 1 fully saturated rings. The SMILES string of the molecule is Cn1nccc1CNC(=O)c1cccc(NC(=O)C2CCCO2)c1. The van der Waals surface area contributed by atoms with E-state index in [1.54, 1.807) is 35.1 Å². The normalized spacial score (nSPS) is 16.8. The van der Waals surface area contributed by atoms with Crippen molar-refractivity contribution < 1.29 is 14.3 Å². The summed E-state index contributed by atoms with van der Waals surface area (Å²) in [5.41, 5.74) is 1.98. The second-order valence-electron chi connectivity index (χ2n) is 5.70. The van der Waals surface area contributed by atoms with E-state index in [2.05, 4.69) is 15.7 Å². The largest absolute Gasteiger partial charge is 0.368 e. The second kappa shape index (κ2) is 7.27. The number of nitrogens with zero attached hydrogens (tertiary/aromatic N) is 2. The summed E-state index contributed by atoms with van der Waals surface area (Å²) in [4.78, 5) is 24.3. The third kappa shape index (κ3) is 3.80. The van der Waals surface area contributed by atoms with Crippen molar-refractivity contribution in [2.24, 2.45) is 7.05 Å². The Morgan fingerprint density at radius 2 is 2.25 bits per heavy atom. The lowest BCUT2D eigenvalue weighted by atomic mass is 10.1. The molecule has 2 aromatic rings. The number of benzene rings is 1. The number of rotatable bonds is 5. The predicted molar refractivity (Wildman–Crippen MR) is 88.4 cm³/mol. The van der Waals surface area contributed by atoms with Crippen LogP contribution in [0.1, 0.15) is 28.9 Å². The van der Waals surface area contributed by atoms with Crippen LogP contribution in [0.5, 0.6) is 0 Å². The maximum atomic E-state index is 12.3. The lowest BCUT2D eigenvalue weighted by molar-refractivity contribution is -0.124. The summed E-state index contributed by atoms with van der Waals surface area (Å²) in [7, 11) is 1.82. The van der Waals surface area contributed by atoms with Gasteiger partial charge in [0.2, 0.25) is 0 Å². The van der Waals surface area contributed by atoms with Gasteiger partial charge in [-0.3, -0.25) is 14.3 Å². The van der Waals surface area contributed by atoms with Gasteiger partial charge >= 0.3 is 0 Å². The number of aryl methyl sites for hydroxylation is 1. The molecule has 1 unspecified atom stereocenters. The summed E-state index contributed by atoms with van der Waals surface area (Å²) >= 11 is 0. The molecule has 0 radical (unpaired) electrons. The average Bonchev–Trinajstić information content (AvgIpc) is 3.24. The first-order valence-electron chi connectivity index (χ1n) is 7.91. The molecule has 3 rings (SSSR count). The molecule has 7 nitrogen and oxygen atoms in total. The zero-order valence-corrected chi connectivity index (χ0v) is 13.5. The van der Waals surface area contributed by atoms with E-state index in [1.807, 2.05) is 13.1 Å². The molecule has 24 heavy (non-hydrogen) atoms. The van der Waals surface area contributed by atoms with Crippen LogP contribution in [0.4, 0.5) is 5.69 Å². The van der Waals surface area contributed by atoms with E-state index in [4.69, 9.17) is 4.74 Å². The predicted octanol–water partition coefficient (Wildman–Crippen LogP) is 1.47. The second-order valence-corrected chi connectivity index (χ2v) is 5.70. The standard InChI is InChI=1S/C17H20N4O3/c1-21-14(7-8-19-21)11-18-16(22)12-4-2-5-13(10-12)20-17(23)15-6-3-9-24-15/h2,4-5,7-8,10,15H,3,6,9,11H2,1H3,(H,18,22)(H,20,23). The van der Waals surface area contributed by atoms with E-state index in [0.29, 0.717) is 24.4 Å². The Kier molecular flexibility index (Phi) is 4.90. The summed E-state index contributed by atoms with van der Waals surface area (Å²) in [6.07, 6.45) is 2.92. The van der Waals surface area contributed by atoms with Crippen LogP contribution >= 0.6 is 0 Å². The summed E-state index contributed by atoms with van der Waals surface area (Å²) in [6.45, 7) is 1.01. The van der Waals surface area contributed by atoms with Crippen molar-refractivity contribution in [1.82, 2.24) is 15.1 Å². The van der Waals surface area contributed by atoms with E-state index in [1.165, 1.54) is 0 Å². The van der Waals surface area contributed by atoms with Crippen LogP contribution in [-0.4, -0.2) is 34.3 Å². The van der Waals surface area contributed by atoms with E-state index in [9.17, 15) is 9.59 Å². The molecule has 7 heteroatoms. The monoisotopic (exact) mass is 328 g/mol. The molecule has 2 amide bonds.